The Labute approximate surface area is 164 Å². The fourth-order valence-corrected chi connectivity index (χ4v) is 2.83. The Morgan fingerprint density at radius 2 is 1.89 bits per heavy atom. The molecule has 3 rings (SSSR count). The number of nitrogens with one attached hydrogen (secondary N) is 1. The van der Waals surface area contributed by atoms with Gasteiger partial charge in [-0.3, -0.25) is 5.73 Å². The second-order valence-corrected chi connectivity index (χ2v) is 6.83. The summed E-state index contributed by atoms with van der Waals surface area (Å²) in [4.78, 5) is 19.7. The van der Waals surface area contributed by atoms with Crippen LogP contribution < -0.4 is 21.9 Å². The van der Waals surface area contributed by atoms with Crippen molar-refractivity contribution < 1.29 is 19.5 Å². The summed E-state index contributed by atoms with van der Waals surface area (Å²) in [6.45, 7) is 5.96. The number of fused-ring (bicyclic) bond motifs is 1. The van der Waals surface area contributed by atoms with E-state index in [4.69, 9.17) is 16.3 Å². The third-order valence-corrected chi connectivity index (χ3v) is 4.05. The molecule has 1 aliphatic rings. The molecule has 150 valence electrons. The van der Waals surface area contributed by atoms with Crippen LogP contribution in [-0.4, -0.2) is 28.3 Å². The Balaban J connectivity index is 0.000000409. The van der Waals surface area contributed by atoms with Crippen molar-refractivity contribution >= 4 is 28.7 Å². The van der Waals surface area contributed by atoms with Gasteiger partial charge in [0.1, 0.15) is 0 Å². The summed E-state index contributed by atoms with van der Waals surface area (Å²) in [6.07, 6.45) is 0.850. The van der Waals surface area contributed by atoms with Crippen molar-refractivity contribution in [3.8, 4) is 0 Å². The highest BCUT2D eigenvalue weighted by Gasteiger charge is 2.35. The summed E-state index contributed by atoms with van der Waals surface area (Å²) >= 11 is 0. The largest absolute Gasteiger partial charge is 0.550 e. The van der Waals surface area contributed by atoms with Gasteiger partial charge in [0.2, 0.25) is 5.66 Å². The topological polar surface area (TPSA) is 129 Å². The van der Waals surface area contributed by atoms with Crippen molar-refractivity contribution in [2.75, 3.05) is 0 Å². The minimum absolute atomic E-state index is 0.181. The second kappa shape index (κ2) is 9.07. The smallest absolute Gasteiger partial charge is 0.390 e. The van der Waals surface area contributed by atoms with Crippen LogP contribution in [0.15, 0.2) is 47.5 Å². The minimum atomic E-state index is -0.961. The molecule has 8 nitrogen and oxygen atoms in total. The maximum Gasteiger partial charge on any atom is 0.390 e. The van der Waals surface area contributed by atoms with E-state index in [0.29, 0.717) is 19.0 Å². The van der Waals surface area contributed by atoms with Crippen LogP contribution in [0.25, 0.3) is 10.8 Å². The summed E-state index contributed by atoms with van der Waals surface area (Å²) in [7, 11) is 0. The average Bonchev–Trinajstić information content (AvgIpc) is 2.60. The summed E-state index contributed by atoms with van der Waals surface area (Å²) in [6, 6.07) is 14.3. The molecule has 0 bridgehead atoms. The first-order valence-electron chi connectivity index (χ1n) is 9.09. The third-order valence-electron chi connectivity index (χ3n) is 4.05. The fraction of sp³-hybridized carbons (Fsp3) is 0.350. The van der Waals surface area contributed by atoms with Crippen LogP contribution in [0.5, 0.6) is 0 Å². The molecule has 5 N–H and O–H groups in total. The number of benzene rings is 2. The van der Waals surface area contributed by atoms with Gasteiger partial charge in [0.15, 0.2) is 6.61 Å². The Hall–Kier alpha value is -3.29. The highest BCUT2D eigenvalue weighted by Crippen LogP contribution is 2.21. The molecule has 1 heterocycles. The van der Waals surface area contributed by atoms with Crippen LogP contribution in [-0.2, 0) is 16.2 Å². The van der Waals surface area contributed by atoms with Gasteiger partial charge in [0, 0.05) is 11.5 Å². The SMILES string of the molecule is CC1(C)N=C(N)NC(N)=[N+]1OCc1cccc2ccccc12.CCCC(=O)[O-]. The number of rotatable bonds is 5. The summed E-state index contributed by atoms with van der Waals surface area (Å²) in [5, 5.41) is 14.6. The van der Waals surface area contributed by atoms with E-state index in [0.717, 1.165) is 10.9 Å². The molecule has 0 saturated carbocycles. The molecule has 0 spiro atoms. The van der Waals surface area contributed by atoms with Crippen LogP contribution in [0.1, 0.15) is 39.2 Å². The van der Waals surface area contributed by atoms with Crippen LogP contribution in [0, 0.1) is 0 Å². The van der Waals surface area contributed by atoms with Crippen LogP contribution in [0.4, 0.5) is 0 Å². The highest BCUT2D eigenvalue weighted by molar-refractivity contribution is 5.95. The first kappa shape index (κ1) is 21.0. The molecule has 2 aromatic rings. The van der Waals surface area contributed by atoms with Crippen molar-refractivity contribution in [1.29, 1.82) is 0 Å². The Morgan fingerprint density at radius 3 is 2.50 bits per heavy atom. The molecule has 0 fully saturated rings. The van der Waals surface area contributed by atoms with Crippen LogP contribution in [0.2, 0.25) is 0 Å². The summed E-state index contributed by atoms with van der Waals surface area (Å²) in [5.74, 6) is -0.345. The molecule has 0 radical (unpaired) electrons. The number of aliphatic imine (C=N–C) groups is 1. The number of nitrogens with zero attached hydrogens (tertiary/aromatic N) is 2. The lowest BCUT2D eigenvalue weighted by Crippen LogP contribution is -2.57. The van der Waals surface area contributed by atoms with E-state index in [1.54, 1.807) is 11.7 Å². The van der Waals surface area contributed by atoms with E-state index in [9.17, 15) is 9.90 Å². The molecular weight excluding hydrogens is 358 g/mol. The van der Waals surface area contributed by atoms with Crippen LogP contribution >= 0.6 is 0 Å². The van der Waals surface area contributed by atoms with E-state index in [1.165, 1.54) is 5.39 Å². The molecule has 0 atom stereocenters. The van der Waals surface area contributed by atoms with E-state index >= 15 is 0 Å². The first-order chi connectivity index (χ1) is 13.2. The Kier molecular flexibility index (Phi) is 6.81. The number of aliphatic carboxylic acids is 1. The standard InChI is InChI=1S/C16H19N5O.C4H8O2/c1-16(2)20-14(17)19-15(18)21(16)22-10-12-8-5-7-11-6-3-4-9-13(11)12;1-2-3-4(5)6/h3-9H,10H2,1-2H3,(H4,17,18,19,20);2-3H2,1H3,(H,5,6). The Bertz CT molecular complexity index is 900. The Morgan fingerprint density at radius 1 is 1.21 bits per heavy atom. The molecule has 28 heavy (non-hydrogen) atoms. The van der Waals surface area contributed by atoms with Crippen LogP contribution in [0.3, 0.4) is 0 Å². The molecular formula is C20H27N5O3. The zero-order valence-electron chi connectivity index (χ0n) is 16.4. The average molecular weight is 385 g/mol. The van der Waals surface area contributed by atoms with Gasteiger partial charge < -0.3 is 20.5 Å². The highest BCUT2D eigenvalue weighted by atomic mass is 16.7. The predicted molar refractivity (Wildman–Crippen MR) is 107 cm³/mol. The first-order valence-corrected chi connectivity index (χ1v) is 9.09. The van der Waals surface area contributed by atoms with Gasteiger partial charge in [-0.15, -0.1) is 0 Å². The zero-order valence-corrected chi connectivity index (χ0v) is 16.4. The number of nitrogens with two attached hydrogens (primary N) is 2. The molecule has 8 heteroatoms. The quantitative estimate of drug-likeness (QED) is 0.653. The van der Waals surface area contributed by atoms with Gasteiger partial charge in [0.05, 0.1) is 0 Å². The molecule has 0 saturated heterocycles. The van der Waals surface area contributed by atoms with Gasteiger partial charge in [-0.25, -0.2) is 5.32 Å². The lowest BCUT2D eigenvalue weighted by molar-refractivity contribution is -0.838. The van der Waals surface area contributed by atoms with Crippen molar-refractivity contribution in [2.45, 2.75) is 45.9 Å². The number of hydrogen-bond donors (Lipinski definition) is 3. The third kappa shape index (κ3) is 5.35. The van der Waals surface area contributed by atoms with E-state index in [1.807, 2.05) is 38.1 Å². The molecule has 0 aliphatic carbocycles. The lowest BCUT2D eigenvalue weighted by Gasteiger charge is -2.26. The van der Waals surface area contributed by atoms with Gasteiger partial charge >= 0.3 is 5.96 Å². The van der Waals surface area contributed by atoms with E-state index in [2.05, 4.69) is 28.5 Å². The fourth-order valence-electron chi connectivity index (χ4n) is 2.83. The second-order valence-electron chi connectivity index (χ2n) is 6.83. The van der Waals surface area contributed by atoms with E-state index in [-0.39, 0.29) is 12.4 Å². The predicted octanol–water partition coefficient (Wildman–Crippen LogP) is 0.789. The number of hydroxylamine groups is 1. The zero-order chi connectivity index (χ0) is 20.7. The molecule has 0 amide bonds. The molecule has 2 aromatic carbocycles. The van der Waals surface area contributed by atoms with Crippen molar-refractivity contribution in [1.82, 2.24) is 5.32 Å². The van der Waals surface area contributed by atoms with Gasteiger partial charge in [-0.1, -0.05) is 60.5 Å². The maximum atomic E-state index is 9.49. The van der Waals surface area contributed by atoms with Gasteiger partial charge in [-0.2, -0.15) is 4.99 Å². The van der Waals surface area contributed by atoms with Crippen molar-refractivity contribution in [3.05, 3.63) is 48.0 Å². The number of carboxylic acids is 1. The maximum absolute atomic E-state index is 9.49. The number of carbonyl (C=O) groups excluding carboxylic acids is 1. The van der Waals surface area contributed by atoms with Crippen molar-refractivity contribution in [3.63, 3.8) is 0 Å². The lowest BCUT2D eigenvalue weighted by atomic mass is 10.1. The summed E-state index contributed by atoms with van der Waals surface area (Å²) in [5.41, 5.74) is 12.1. The van der Waals surface area contributed by atoms with E-state index < -0.39 is 11.6 Å². The molecule has 0 aromatic heterocycles. The molecule has 1 aliphatic heterocycles. The monoisotopic (exact) mass is 385 g/mol. The van der Waals surface area contributed by atoms with Gasteiger partial charge in [-0.05, 0) is 31.0 Å². The normalized spacial score (nSPS) is 15.2. The summed E-state index contributed by atoms with van der Waals surface area (Å²) < 4.78 is 1.55. The van der Waals surface area contributed by atoms with Gasteiger partial charge in [0.25, 0.3) is 5.96 Å². The number of hydrogen-bond acceptors (Lipinski definition) is 7. The minimum Gasteiger partial charge on any atom is -0.550 e. The number of carbonyl (C=O) groups is 1. The number of guanidine groups is 2. The van der Waals surface area contributed by atoms with Crippen molar-refractivity contribution in [2.24, 2.45) is 16.5 Å². The molecule has 0 unspecified atom stereocenters. The number of carboxylic acid groups (broad SMARTS) is 1.